The van der Waals surface area contributed by atoms with Crippen LogP contribution in [-0.2, 0) is 16.0 Å². The first-order valence-corrected chi connectivity index (χ1v) is 12.5. The Labute approximate surface area is 208 Å². The van der Waals surface area contributed by atoms with Crippen LogP contribution < -0.4 is 16.4 Å². The molecule has 0 aliphatic carbocycles. The van der Waals surface area contributed by atoms with E-state index in [0.29, 0.717) is 69.3 Å². The number of nitrogens with zero attached hydrogens (tertiary/aromatic N) is 5. The minimum atomic E-state index is -0.357. The Kier molecular flexibility index (Phi) is 7.42. The number of carbonyl (C=O) groups is 1. The zero-order valence-corrected chi connectivity index (χ0v) is 20.7. The molecule has 0 bridgehead atoms. The molecule has 3 aromatic rings. The molecule has 2 aliphatic heterocycles. The number of nitrogens with one attached hydrogen (secondary N) is 2. The lowest BCUT2D eigenvalue weighted by Crippen LogP contribution is -2.43. The number of hydrogen-bond donors (Lipinski definition) is 2. The van der Waals surface area contributed by atoms with Crippen molar-refractivity contribution in [2.24, 2.45) is 0 Å². The summed E-state index contributed by atoms with van der Waals surface area (Å²) in [6.07, 6.45) is 1.75. The summed E-state index contributed by atoms with van der Waals surface area (Å²) < 4.78 is 14.0. The van der Waals surface area contributed by atoms with E-state index in [1.54, 1.807) is 16.8 Å². The van der Waals surface area contributed by atoms with Crippen LogP contribution in [0.2, 0.25) is 0 Å². The second-order valence-electron chi connectivity index (χ2n) is 9.31. The number of aryl methyl sites for hydroxylation is 1. The molecule has 2 fully saturated rings. The molecule has 0 radical (unpaired) electrons. The van der Waals surface area contributed by atoms with Gasteiger partial charge in [-0.1, -0.05) is 6.07 Å². The lowest BCUT2D eigenvalue weighted by atomic mass is 10.2. The summed E-state index contributed by atoms with van der Waals surface area (Å²) in [6, 6.07) is 5.24. The van der Waals surface area contributed by atoms with E-state index in [1.807, 2.05) is 13.0 Å². The lowest BCUT2D eigenvalue weighted by molar-refractivity contribution is 0.0363. The van der Waals surface area contributed by atoms with Crippen LogP contribution in [0.3, 0.4) is 0 Å². The highest BCUT2D eigenvalue weighted by atomic mass is 16.5. The van der Waals surface area contributed by atoms with Gasteiger partial charge in [0.05, 0.1) is 37.4 Å². The Bertz CT molecular complexity index is 1370. The van der Waals surface area contributed by atoms with Crippen molar-refractivity contribution in [1.29, 1.82) is 5.41 Å². The monoisotopic (exact) mass is 495 g/mol. The Morgan fingerprint density at radius 3 is 2.39 bits per heavy atom. The minimum absolute atomic E-state index is 0.0583. The highest BCUT2D eigenvalue weighted by Gasteiger charge is 2.19. The molecule has 192 valence electrons. The van der Waals surface area contributed by atoms with E-state index in [4.69, 9.17) is 19.9 Å². The molecule has 0 aromatic carbocycles. The van der Waals surface area contributed by atoms with Crippen molar-refractivity contribution in [3.63, 3.8) is 0 Å². The number of rotatable bonds is 7. The van der Waals surface area contributed by atoms with Crippen LogP contribution >= 0.6 is 0 Å². The third-order valence-electron chi connectivity index (χ3n) is 6.86. The van der Waals surface area contributed by atoms with Crippen LogP contribution in [0.25, 0.3) is 16.7 Å². The molecule has 11 nitrogen and oxygen atoms in total. The molecule has 2 saturated heterocycles. The maximum atomic E-state index is 13.5. The molecule has 36 heavy (non-hydrogen) atoms. The average Bonchev–Trinajstić information content (AvgIpc) is 2.90. The van der Waals surface area contributed by atoms with Gasteiger partial charge in [0.2, 0.25) is 0 Å². The molecule has 0 spiro atoms. The van der Waals surface area contributed by atoms with Gasteiger partial charge in [-0.2, -0.15) is 0 Å². The van der Waals surface area contributed by atoms with Crippen molar-refractivity contribution >= 4 is 22.6 Å². The summed E-state index contributed by atoms with van der Waals surface area (Å²) in [5, 5.41) is 12.2. The van der Waals surface area contributed by atoms with Crippen molar-refractivity contribution in [2.75, 3.05) is 72.2 Å². The van der Waals surface area contributed by atoms with Gasteiger partial charge in [0.1, 0.15) is 16.8 Å². The third kappa shape index (κ3) is 5.19. The SMILES string of the molecule is Cc1ccc2nc3c(cc(C(=O)NCCN4CCOCC4)c(=N)n3CCN3CCOCC3)c(=O)n2c1. The fraction of sp³-hybridized carbons (Fsp3) is 0.520. The van der Waals surface area contributed by atoms with Crippen LogP contribution in [0, 0.1) is 12.3 Å². The number of pyridine rings is 2. The second kappa shape index (κ2) is 10.9. The molecule has 0 atom stereocenters. The van der Waals surface area contributed by atoms with E-state index in [-0.39, 0.29) is 22.5 Å². The zero-order valence-electron chi connectivity index (χ0n) is 20.7. The molecule has 2 aliphatic rings. The Hall–Kier alpha value is -3.12. The van der Waals surface area contributed by atoms with E-state index in [1.165, 1.54) is 10.5 Å². The Morgan fingerprint density at radius 2 is 1.69 bits per heavy atom. The van der Waals surface area contributed by atoms with Gasteiger partial charge >= 0.3 is 0 Å². The minimum Gasteiger partial charge on any atom is -0.379 e. The normalized spacial score (nSPS) is 17.6. The van der Waals surface area contributed by atoms with E-state index in [2.05, 4.69) is 15.1 Å². The molecule has 3 aromatic heterocycles. The molecular formula is C25H33N7O4. The number of ether oxygens (including phenoxy) is 2. The summed E-state index contributed by atoms with van der Waals surface area (Å²) in [5.41, 5.74) is 1.86. The predicted octanol–water partition coefficient (Wildman–Crippen LogP) is -0.169. The number of fused-ring (bicyclic) bond motifs is 2. The number of morpholine rings is 2. The van der Waals surface area contributed by atoms with E-state index in [9.17, 15) is 9.59 Å². The van der Waals surface area contributed by atoms with Gasteiger partial charge in [0.25, 0.3) is 11.5 Å². The van der Waals surface area contributed by atoms with E-state index < -0.39 is 0 Å². The van der Waals surface area contributed by atoms with Crippen molar-refractivity contribution in [3.8, 4) is 0 Å². The molecule has 2 N–H and O–H groups in total. The van der Waals surface area contributed by atoms with Crippen LogP contribution in [0.15, 0.2) is 29.2 Å². The van der Waals surface area contributed by atoms with Crippen molar-refractivity contribution < 1.29 is 14.3 Å². The summed E-state index contributed by atoms with van der Waals surface area (Å²) in [7, 11) is 0. The van der Waals surface area contributed by atoms with Crippen LogP contribution in [0.4, 0.5) is 0 Å². The van der Waals surface area contributed by atoms with Crippen LogP contribution in [-0.4, -0.2) is 102 Å². The van der Waals surface area contributed by atoms with E-state index >= 15 is 0 Å². The van der Waals surface area contributed by atoms with Crippen molar-refractivity contribution in [3.05, 3.63) is 51.4 Å². The van der Waals surface area contributed by atoms with Gasteiger partial charge < -0.3 is 19.4 Å². The van der Waals surface area contributed by atoms with E-state index in [0.717, 1.165) is 31.7 Å². The van der Waals surface area contributed by atoms with Crippen LogP contribution in [0.1, 0.15) is 15.9 Å². The van der Waals surface area contributed by atoms with Crippen LogP contribution in [0.5, 0.6) is 0 Å². The zero-order chi connectivity index (χ0) is 25.1. The molecule has 1 amide bonds. The molecule has 11 heteroatoms. The fourth-order valence-electron chi connectivity index (χ4n) is 4.75. The smallest absolute Gasteiger partial charge is 0.267 e. The summed E-state index contributed by atoms with van der Waals surface area (Å²) in [4.78, 5) is 35.9. The van der Waals surface area contributed by atoms with Gasteiger partial charge in [0.15, 0.2) is 0 Å². The maximum Gasteiger partial charge on any atom is 0.267 e. The fourth-order valence-corrected chi connectivity index (χ4v) is 4.75. The van der Waals surface area contributed by atoms with Gasteiger partial charge in [-0.25, -0.2) is 4.98 Å². The topological polar surface area (TPSA) is 117 Å². The lowest BCUT2D eigenvalue weighted by Gasteiger charge is -2.27. The standard InChI is InChI=1S/C25H33N7O4/c1-18-2-3-21-28-23-20(25(34)32(21)17-18)16-19(24(33)27-4-5-29-8-12-35-13-9-29)22(26)31(23)7-6-30-10-14-36-15-11-30/h2-3,16-17,26H,4-15H2,1H3,(H,27,33). The number of aromatic nitrogens is 3. The summed E-state index contributed by atoms with van der Waals surface area (Å²) in [5.74, 6) is -0.357. The average molecular weight is 496 g/mol. The third-order valence-corrected chi connectivity index (χ3v) is 6.86. The quantitative estimate of drug-likeness (QED) is 0.437. The first kappa shape index (κ1) is 24.6. The summed E-state index contributed by atoms with van der Waals surface area (Å²) >= 11 is 0. The highest BCUT2D eigenvalue weighted by Crippen LogP contribution is 2.12. The number of carbonyl (C=O) groups excluding carboxylic acids is 1. The van der Waals surface area contributed by atoms with Crippen molar-refractivity contribution in [2.45, 2.75) is 13.5 Å². The molecule has 0 saturated carbocycles. The summed E-state index contributed by atoms with van der Waals surface area (Å²) in [6.45, 7) is 10.2. The maximum absolute atomic E-state index is 13.5. The number of hydrogen-bond acceptors (Lipinski definition) is 8. The highest BCUT2D eigenvalue weighted by molar-refractivity contribution is 5.96. The van der Waals surface area contributed by atoms with Gasteiger partial charge in [0, 0.05) is 58.6 Å². The van der Waals surface area contributed by atoms with Gasteiger partial charge in [-0.3, -0.25) is 29.2 Å². The van der Waals surface area contributed by atoms with Crippen molar-refractivity contribution in [1.82, 2.24) is 29.1 Å². The second-order valence-corrected chi connectivity index (χ2v) is 9.31. The molecule has 5 rings (SSSR count). The molecule has 5 heterocycles. The number of amides is 1. The van der Waals surface area contributed by atoms with Gasteiger partial charge in [-0.05, 0) is 24.6 Å². The first-order chi connectivity index (χ1) is 17.5. The van der Waals surface area contributed by atoms with Gasteiger partial charge in [-0.15, -0.1) is 0 Å². The largest absolute Gasteiger partial charge is 0.379 e. The molecule has 0 unspecified atom stereocenters. The molecular weight excluding hydrogens is 462 g/mol. The predicted molar refractivity (Wildman–Crippen MR) is 134 cm³/mol. The Morgan fingerprint density at radius 1 is 1.03 bits per heavy atom. The Balaban J connectivity index is 1.49. The first-order valence-electron chi connectivity index (χ1n) is 12.5.